The summed E-state index contributed by atoms with van der Waals surface area (Å²) in [6.07, 6.45) is 15.6. The highest BCUT2D eigenvalue weighted by molar-refractivity contribution is 4.92. The summed E-state index contributed by atoms with van der Waals surface area (Å²) in [5.41, 5.74) is 3.01. The van der Waals surface area contributed by atoms with E-state index in [1.54, 1.807) is 0 Å². The van der Waals surface area contributed by atoms with Crippen molar-refractivity contribution in [2.75, 3.05) is 0 Å². The summed E-state index contributed by atoms with van der Waals surface area (Å²) in [6.45, 7) is 0. The Kier molecular flexibility index (Phi) is 5.86. The molecule has 1 fully saturated rings. The van der Waals surface area contributed by atoms with Crippen molar-refractivity contribution in [2.45, 2.75) is 63.8 Å². The lowest BCUT2D eigenvalue weighted by Crippen LogP contribution is -2.37. The van der Waals surface area contributed by atoms with Crippen LogP contribution >= 0.6 is 0 Å². The lowest BCUT2D eigenvalue weighted by atomic mass is 9.91. The molecular formula is C15H28N4. The van der Waals surface area contributed by atoms with E-state index in [1.807, 2.05) is 12.4 Å². The lowest BCUT2D eigenvalue weighted by Gasteiger charge is -2.22. The fourth-order valence-electron chi connectivity index (χ4n) is 3.21. The Bertz CT molecular complexity index is 353. The van der Waals surface area contributed by atoms with E-state index in [1.165, 1.54) is 44.9 Å². The van der Waals surface area contributed by atoms with Crippen LogP contribution in [0.4, 0.5) is 0 Å². The highest BCUT2D eigenvalue weighted by atomic mass is 15.2. The molecule has 1 saturated carbocycles. The smallest absolute Gasteiger partial charge is 0.108 e. The van der Waals surface area contributed by atoms with Gasteiger partial charge in [0.05, 0.1) is 0 Å². The highest BCUT2D eigenvalue weighted by Crippen LogP contribution is 2.27. The molecule has 0 spiro atoms. The third kappa shape index (κ3) is 4.62. The van der Waals surface area contributed by atoms with Crippen LogP contribution in [0.1, 0.15) is 57.2 Å². The van der Waals surface area contributed by atoms with E-state index in [0.29, 0.717) is 6.04 Å². The zero-order valence-corrected chi connectivity index (χ0v) is 12.1. The Morgan fingerprint density at radius 2 is 2.11 bits per heavy atom. The molecule has 0 aromatic carbocycles. The van der Waals surface area contributed by atoms with Crippen LogP contribution < -0.4 is 11.3 Å². The standard InChI is InChI=1S/C15H28N4/c1-19-11-10-17-15(19)9-8-14(18-16)12-13-6-4-2-3-5-7-13/h10-11,13-14,18H,2-9,12,16H2,1H3. The molecule has 0 amide bonds. The average Bonchev–Trinajstić information content (AvgIpc) is 2.66. The van der Waals surface area contributed by atoms with Gasteiger partial charge in [-0.15, -0.1) is 0 Å². The first-order chi connectivity index (χ1) is 9.29. The van der Waals surface area contributed by atoms with Gasteiger partial charge in [0.15, 0.2) is 0 Å². The molecule has 1 aliphatic rings. The third-order valence-corrected chi connectivity index (χ3v) is 4.47. The molecule has 1 aromatic heterocycles. The predicted octanol–water partition coefficient (Wildman–Crippen LogP) is 2.55. The van der Waals surface area contributed by atoms with Gasteiger partial charge >= 0.3 is 0 Å². The predicted molar refractivity (Wildman–Crippen MR) is 78.4 cm³/mol. The van der Waals surface area contributed by atoms with Gasteiger partial charge in [-0.05, 0) is 18.8 Å². The molecule has 2 rings (SSSR count). The SMILES string of the molecule is Cn1ccnc1CCC(CC1CCCCCC1)NN. The molecule has 0 aliphatic heterocycles. The van der Waals surface area contributed by atoms with Crippen LogP contribution in [0.2, 0.25) is 0 Å². The number of rotatable bonds is 6. The minimum atomic E-state index is 0.430. The summed E-state index contributed by atoms with van der Waals surface area (Å²) < 4.78 is 2.10. The monoisotopic (exact) mass is 264 g/mol. The van der Waals surface area contributed by atoms with Crippen molar-refractivity contribution in [1.82, 2.24) is 15.0 Å². The van der Waals surface area contributed by atoms with E-state index in [0.717, 1.165) is 24.6 Å². The normalized spacial score (nSPS) is 19.3. The van der Waals surface area contributed by atoms with Gasteiger partial charge in [-0.3, -0.25) is 11.3 Å². The van der Waals surface area contributed by atoms with Gasteiger partial charge in [-0.2, -0.15) is 0 Å². The molecule has 0 radical (unpaired) electrons. The maximum Gasteiger partial charge on any atom is 0.108 e. The Hall–Kier alpha value is -0.870. The van der Waals surface area contributed by atoms with Crippen LogP contribution in [0.25, 0.3) is 0 Å². The van der Waals surface area contributed by atoms with E-state index in [-0.39, 0.29) is 0 Å². The molecule has 4 heteroatoms. The van der Waals surface area contributed by atoms with Gasteiger partial charge in [-0.25, -0.2) is 4.98 Å². The zero-order valence-electron chi connectivity index (χ0n) is 12.1. The Balaban J connectivity index is 1.77. The van der Waals surface area contributed by atoms with E-state index in [2.05, 4.69) is 22.0 Å². The number of hydrogen-bond donors (Lipinski definition) is 2. The summed E-state index contributed by atoms with van der Waals surface area (Å²) in [4.78, 5) is 4.38. The average molecular weight is 264 g/mol. The summed E-state index contributed by atoms with van der Waals surface area (Å²) in [7, 11) is 2.05. The van der Waals surface area contributed by atoms with Crippen molar-refractivity contribution < 1.29 is 0 Å². The lowest BCUT2D eigenvalue weighted by molar-refractivity contribution is 0.340. The molecule has 1 aliphatic carbocycles. The zero-order chi connectivity index (χ0) is 13.5. The highest BCUT2D eigenvalue weighted by Gasteiger charge is 2.17. The van der Waals surface area contributed by atoms with Crippen molar-refractivity contribution in [3.63, 3.8) is 0 Å². The molecule has 0 bridgehead atoms. The van der Waals surface area contributed by atoms with Crippen molar-refractivity contribution in [3.8, 4) is 0 Å². The number of hydrogen-bond acceptors (Lipinski definition) is 3. The summed E-state index contributed by atoms with van der Waals surface area (Å²) in [6, 6.07) is 0.430. The van der Waals surface area contributed by atoms with Crippen LogP contribution in [0.5, 0.6) is 0 Å². The van der Waals surface area contributed by atoms with Crippen LogP contribution in [-0.2, 0) is 13.5 Å². The van der Waals surface area contributed by atoms with Gasteiger partial charge in [0.25, 0.3) is 0 Å². The molecule has 4 nitrogen and oxygen atoms in total. The maximum absolute atomic E-state index is 5.73. The molecule has 1 unspecified atom stereocenters. The number of nitrogens with one attached hydrogen (secondary N) is 1. The second-order valence-corrected chi connectivity index (χ2v) is 5.95. The number of hydrazine groups is 1. The number of aryl methyl sites for hydroxylation is 2. The van der Waals surface area contributed by atoms with Crippen LogP contribution in [0.15, 0.2) is 12.4 Å². The summed E-state index contributed by atoms with van der Waals surface area (Å²) in [5, 5.41) is 0. The van der Waals surface area contributed by atoms with Crippen molar-refractivity contribution >= 4 is 0 Å². The van der Waals surface area contributed by atoms with Crippen LogP contribution in [0, 0.1) is 5.92 Å². The number of aromatic nitrogens is 2. The quantitative estimate of drug-likeness (QED) is 0.471. The molecule has 1 heterocycles. The summed E-state index contributed by atoms with van der Waals surface area (Å²) in [5.74, 6) is 7.75. The fraction of sp³-hybridized carbons (Fsp3) is 0.800. The van der Waals surface area contributed by atoms with Crippen molar-refractivity contribution in [3.05, 3.63) is 18.2 Å². The van der Waals surface area contributed by atoms with E-state index in [4.69, 9.17) is 5.84 Å². The van der Waals surface area contributed by atoms with Gasteiger partial charge in [0.1, 0.15) is 5.82 Å². The van der Waals surface area contributed by atoms with Gasteiger partial charge < -0.3 is 4.57 Å². The third-order valence-electron chi connectivity index (χ3n) is 4.47. The molecule has 1 atom stereocenters. The van der Waals surface area contributed by atoms with E-state index < -0.39 is 0 Å². The Morgan fingerprint density at radius 1 is 1.37 bits per heavy atom. The minimum Gasteiger partial charge on any atom is -0.338 e. The van der Waals surface area contributed by atoms with Gasteiger partial charge in [-0.1, -0.05) is 38.5 Å². The molecule has 0 saturated heterocycles. The first kappa shape index (κ1) is 14.5. The Morgan fingerprint density at radius 3 is 2.68 bits per heavy atom. The topological polar surface area (TPSA) is 55.9 Å². The van der Waals surface area contributed by atoms with Gasteiger partial charge in [0, 0.05) is 31.9 Å². The largest absolute Gasteiger partial charge is 0.338 e. The molecule has 3 N–H and O–H groups in total. The van der Waals surface area contributed by atoms with Crippen LogP contribution in [-0.4, -0.2) is 15.6 Å². The molecular weight excluding hydrogens is 236 g/mol. The van der Waals surface area contributed by atoms with Crippen molar-refractivity contribution in [2.24, 2.45) is 18.8 Å². The van der Waals surface area contributed by atoms with Crippen molar-refractivity contribution in [1.29, 1.82) is 0 Å². The minimum absolute atomic E-state index is 0.430. The van der Waals surface area contributed by atoms with Crippen LogP contribution in [0.3, 0.4) is 0 Å². The Labute approximate surface area is 116 Å². The molecule has 108 valence electrons. The fourth-order valence-corrected chi connectivity index (χ4v) is 3.21. The first-order valence-electron chi connectivity index (χ1n) is 7.72. The van der Waals surface area contributed by atoms with Gasteiger partial charge in [0.2, 0.25) is 0 Å². The van der Waals surface area contributed by atoms with E-state index in [9.17, 15) is 0 Å². The second kappa shape index (κ2) is 7.65. The number of nitrogens with two attached hydrogens (primary N) is 1. The molecule has 19 heavy (non-hydrogen) atoms. The number of imidazole rings is 1. The summed E-state index contributed by atoms with van der Waals surface area (Å²) >= 11 is 0. The first-order valence-corrected chi connectivity index (χ1v) is 7.72. The molecule has 1 aromatic rings. The second-order valence-electron chi connectivity index (χ2n) is 5.95. The van der Waals surface area contributed by atoms with E-state index >= 15 is 0 Å². The maximum atomic E-state index is 5.73. The number of nitrogens with zero attached hydrogens (tertiary/aromatic N) is 2.